The van der Waals surface area contributed by atoms with E-state index in [1.54, 1.807) is 0 Å². The van der Waals surface area contributed by atoms with Gasteiger partial charge >= 0.3 is 0 Å². The Morgan fingerprint density at radius 1 is 1.22 bits per heavy atom. The zero-order valence-corrected chi connectivity index (χ0v) is 13.1. The van der Waals surface area contributed by atoms with E-state index in [9.17, 15) is 0 Å². The van der Waals surface area contributed by atoms with E-state index < -0.39 is 0 Å². The summed E-state index contributed by atoms with van der Waals surface area (Å²) in [6.45, 7) is 2.96. The lowest BCUT2D eigenvalue weighted by molar-refractivity contribution is 0.385. The standard InChI is InChI=1S/C14H24BrN3/c1-11-14(15)13(18(2)17-11)10-16-12-8-6-4-3-5-7-9-12/h12,16H,3-10H2,1-2H3. The molecule has 102 valence electrons. The van der Waals surface area contributed by atoms with Crippen LogP contribution in [0, 0.1) is 6.92 Å². The third-order valence-corrected chi connectivity index (χ3v) is 4.96. The molecule has 0 atom stereocenters. The summed E-state index contributed by atoms with van der Waals surface area (Å²) in [6, 6.07) is 0.687. The summed E-state index contributed by atoms with van der Waals surface area (Å²) in [5.41, 5.74) is 2.33. The number of aryl methyl sites for hydroxylation is 2. The van der Waals surface area contributed by atoms with E-state index in [1.807, 2.05) is 18.7 Å². The molecule has 1 saturated carbocycles. The summed E-state index contributed by atoms with van der Waals surface area (Å²) >= 11 is 3.63. The molecule has 1 N–H and O–H groups in total. The van der Waals surface area contributed by atoms with Crippen molar-refractivity contribution in [1.29, 1.82) is 0 Å². The lowest BCUT2D eigenvalue weighted by atomic mass is 9.97. The van der Waals surface area contributed by atoms with Gasteiger partial charge in [0.15, 0.2) is 0 Å². The van der Waals surface area contributed by atoms with Crippen LogP contribution < -0.4 is 5.32 Å². The molecule has 2 rings (SSSR count). The van der Waals surface area contributed by atoms with Crippen molar-refractivity contribution in [3.05, 3.63) is 15.9 Å². The number of hydrogen-bond acceptors (Lipinski definition) is 2. The van der Waals surface area contributed by atoms with Crippen molar-refractivity contribution in [1.82, 2.24) is 15.1 Å². The molecule has 1 aliphatic carbocycles. The van der Waals surface area contributed by atoms with Crippen LogP contribution in [0.4, 0.5) is 0 Å². The molecule has 18 heavy (non-hydrogen) atoms. The minimum atomic E-state index is 0.687. The molecule has 0 aliphatic heterocycles. The lowest BCUT2D eigenvalue weighted by Gasteiger charge is -2.21. The highest BCUT2D eigenvalue weighted by atomic mass is 79.9. The smallest absolute Gasteiger partial charge is 0.0739 e. The van der Waals surface area contributed by atoms with Gasteiger partial charge in [-0.2, -0.15) is 5.10 Å². The van der Waals surface area contributed by atoms with Crippen LogP contribution in [-0.4, -0.2) is 15.8 Å². The number of hydrogen-bond donors (Lipinski definition) is 1. The molecule has 0 unspecified atom stereocenters. The summed E-state index contributed by atoms with van der Waals surface area (Å²) in [6.07, 6.45) is 9.66. The fourth-order valence-corrected chi connectivity index (χ4v) is 3.25. The van der Waals surface area contributed by atoms with Crippen molar-refractivity contribution in [2.24, 2.45) is 7.05 Å². The molecule has 4 heteroatoms. The number of nitrogens with zero attached hydrogens (tertiary/aromatic N) is 2. The normalized spacial score (nSPS) is 18.6. The Balaban J connectivity index is 1.89. The number of nitrogens with one attached hydrogen (secondary N) is 1. The Hall–Kier alpha value is -0.350. The van der Waals surface area contributed by atoms with Gasteiger partial charge in [-0.3, -0.25) is 4.68 Å². The van der Waals surface area contributed by atoms with Gasteiger partial charge in [-0.25, -0.2) is 0 Å². The van der Waals surface area contributed by atoms with Gasteiger partial charge in [-0.1, -0.05) is 32.1 Å². The first kappa shape index (κ1) is 14.1. The fraction of sp³-hybridized carbons (Fsp3) is 0.786. The Kier molecular flexibility index (Phi) is 5.25. The van der Waals surface area contributed by atoms with Gasteiger partial charge in [0.1, 0.15) is 0 Å². The van der Waals surface area contributed by atoms with Crippen molar-refractivity contribution in [3.63, 3.8) is 0 Å². The molecule has 0 bridgehead atoms. The fourth-order valence-electron chi connectivity index (χ4n) is 2.77. The Morgan fingerprint density at radius 3 is 2.39 bits per heavy atom. The molecule has 0 spiro atoms. The van der Waals surface area contributed by atoms with Gasteiger partial charge in [0, 0.05) is 19.6 Å². The van der Waals surface area contributed by atoms with Crippen LogP contribution >= 0.6 is 15.9 Å². The number of aromatic nitrogens is 2. The van der Waals surface area contributed by atoms with Crippen LogP contribution in [0.5, 0.6) is 0 Å². The van der Waals surface area contributed by atoms with E-state index in [2.05, 4.69) is 26.3 Å². The van der Waals surface area contributed by atoms with E-state index in [1.165, 1.54) is 50.6 Å². The topological polar surface area (TPSA) is 29.9 Å². The van der Waals surface area contributed by atoms with Crippen molar-refractivity contribution in [2.45, 2.75) is 64.5 Å². The van der Waals surface area contributed by atoms with E-state index >= 15 is 0 Å². The molecule has 1 aliphatic rings. The van der Waals surface area contributed by atoms with Crippen LogP contribution in [0.1, 0.15) is 56.3 Å². The minimum Gasteiger partial charge on any atom is -0.308 e. The summed E-state index contributed by atoms with van der Waals surface area (Å²) in [4.78, 5) is 0. The van der Waals surface area contributed by atoms with E-state index in [-0.39, 0.29) is 0 Å². The second kappa shape index (κ2) is 6.71. The maximum Gasteiger partial charge on any atom is 0.0739 e. The molecule has 1 aromatic heterocycles. The zero-order valence-electron chi connectivity index (χ0n) is 11.5. The summed E-state index contributed by atoms with van der Waals surface area (Å²) in [5, 5.41) is 8.15. The molecule has 0 aromatic carbocycles. The molecular weight excluding hydrogens is 290 g/mol. The van der Waals surface area contributed by atoms with Crippen molar-refractivity contribution in [3.8, 4) is 0 Å². The van der Waals surface area contributed by atoms with Gasteiger partial charge in [0.2, 0.25) is 0 Å². The first-order chi connectivity index (χ1) is 8.68. The predicted octanol–water partition coefficient (Wildman–Crippen LogP) is 3.69. The monoisotopic (exact) mass is 313 g/mol. The third-order valence-electron chi connectivity index (χ3n) is 3.92. The molecule has 0 saturated heterocycles. The predicted molar refractivity (Wildman–Crippen MR) is 78.6 cm³/mol. The first-order valence-electron chi connectivity index (χ1n) is 7.10. The van der Waals surface area contributed by atoms with Crippen LogP contribution in [-0.2, 0) is 13.6 Å². The quantitative estimate of drug-likeness (QED) is 0.922. The highest BCUT2D eigenvalue weighted by Gasteiger charge is 2.14. The van der Waals surface area contributed by atoms with E-state index in [0.717, 1.165) is 16.7 Å². The van der Waals surface area contributed by atoms with Gasteiger partial charge in [-0.15, -0.1) is 0 Å². The highest BCUT2D eigenvalue weighted by Crippen LogP contribution is 2.21. The number of halogens is 1. The maximum atomic E-state index is 4.44. The van der Waals surface area contributed by atoms with Crippen LogP contribution in [0.3, 0.4) is 0 Å². The van der Waals surface area contributed by atoms with Gasteiger partial charge in [0.25, 0.3) is 0 Å². The summed E-state index contributed by atoms with van der Waals surface area (Å²) < 4.78 is 3.14. The molecule has 0 radical (unpaired) electrons. The van der Waals surface area contributed by atoms with Gasteiger partial charge in [-0.05, 0) is 35.7 Å². The maximum absolute atomic E-state index is 4.44. The van der Waals surface area contributed by atoms with Crippen LogP contribution in [0.15, 0.2) is 4.47 Å². The van der Waals surface area contributed by atoms with Crippen LogP contribution in [0.25, 0.3) is 0 Å². The second-order valence-corrected chi connectivity index (χ2v) is 6.19. The molecule has 3 nitrogen and oxygen atoms in total. The molecular formula is C14H24BrN3. The van der Waals surface area contributed by atoms with E-state index in [0.29, 0.717) is 6.04 Å². The Morgan fingerprint density at radius 2 is 1.83 bits per heavy atom. The summed E-state index contributed by atoms with van der Waals surface area (Å²) in [5.74, 6) is 0. The van der Waals surface area contributed by atoms with Crippen molar-refractivity contribution in [2.75, 3.05) is 0 Å². The highest BCUT2D eigenvalue weighted by molar-refractivity contribution is 9.10. The SMILES string of the molecule is Cc1nn(C)c(CNC2CCCCCCC2)c1Br. The third kappa shape index (κ3) is 3.58. The molecule has 1 heterocycles. The lowest BCUT2D eigenvalue weighted by Crippen LogP contribution is -2.30. The average molecular weight is 314 g/mol. The zero-order chi connectivity index (χ0) is 13.0. The van der Waals surface area contributed by atoms with Crippen molar-refractivity contribution < 1.29 is 0 Å². The Bertz CT molecular complexity index is 379. The average Bonchev–Trinajstić information content (AvgIpc) is 2.53. The van der Waals surface area contributed by atoms with Crippen LogP contribution in [0.2, 0.25) is 0 Å². The minimum absolute atomic E-state index is 0.687. The molecule has 0 amide bonds. The van der Waals surface area contributed by atoms with Crippen molar-refractivity contribution >= 4 is 15.9 Å². The molecule has 1 aromatic rings. The largest absolute Gasteiger partial charge is 0.308 e. The first-order valence-corrected chi connectivity index (χ1v) is 7.89. The Labute approximate surface area is 118 Å². The molecule has 1 fully saturated rings. The van der Waals surface area contributed by atoms with Gasteiger partial charge < -0.3 is 5.32 Å². The van der Waals surface area contributed by atoms with Gasteiger partial charge in [0.05, 0.1) is 15.9 Å². The second-order valence-electron chi connectivity index (χ2n) is 5.39. The summed E-state index contributed by atoms with van der Waals surface area (Å²) in [7, 11) is 2.02. The van der Waals surface area contributed by atoms with E-state index in [4.69, 9.17) is 0 Å². The number of rotatable bonds is 3.